The molecule has 0 radical (unpaired) electrons. The number of piperazine rings is 1. The van der Waals surface area contributed by atoms with Gasteiger partial charge in [0, 0.05) is 47.8 Å². The number of halogens is 3. The Bertz CT molecular complexity index is 878. The maximum atomic E-state index is 12.8. The van der Waals surface area contributed by atoms with Crippen molar-refractivity contribution in [1.82, 2.24) is 14.9 Å². The quantitative estimate of drug-likeness (QED) is 0.666. The molecular weight excluding hydrogens is 477 g/mol. The molecular formula is C21H28Cl3N5OS. The van der Waals surface area contributed by atoms with Crippen LogP contribution in [0, 0.1) is 0 Å². The average Bonchev–Trinajstić information content (AvgIpc) is 3.18. The lowest BCUT2D eigenvalue weighted by Crippen LogP contribution is -2.54. The van der Waals surface area contributed by atoms with Crippen molar-refractivity contribution in [3.63, 3.8) is 0 Å². The van der Waals surface area contributed by atoms with E-state index in [0.29, 0.717) is 29.8 Å². The Hall–Kier alpha value is -1.25. The van der Waals surface area contributed by atoms with Crippen LogP contribution >= 0.6 is 48.2 Å². The number of fused-ring (bicyclic) bond motifs is 1. The standard InChI is InChI=1S/C21H26ClN5OS.2ClH/c1-2-18-19-17(12-29-18)24-13-25-20(19)26-7-9-27(10-8-26)21(28)16(23)11-14-3-5-15(22)6-4-14;;/h3-6,13,16,18H,2,7-12,23H2,1H3;2*1H/t16-,18?;;/m1../s1. The normalized spacial score (nSPS) is 18.6. The van der Waals surface area contributed by atoms with Crippen molar-refractivity contribution < 1.29 is 4.79 Å². The Morgan fingerprint density at radius 3 is 2.52 bits per heavy atom. The van der Waals surface area contributed by atoms with E-state index in [1.807, 2.05) is 40.9 Å². The number of hydrogen-bond donors (Lipinski definition) is 1. The van der Waals surface area contributed by atoms with Gasteiger partial charge in [0.05, 0.1) is 11.7 Å². The van der Waals surface area contributed by atoms with E-state index in [4.69, 9.17) is 17.3 Å². The fourth-order valence-corrected chi connectivity index (χ4v) is 5.40. The number of carbonyl (C=O) groups excluding carboxylic acids is 1. The highest BCUT2D eigenvalue weighted by Gasteiger charge is 2.31. The molecule has 1 fully saturated rings. The number of benzene rings is 1. The lowest BCUT2D eigenvalue weighted by Gasteiger charge is -2.37. The first kappa shape index (κ1) is 26.0. The summed E-state index contributed by atoms with van der Waals surface area (Å²) in [5.41, 5.74) is 9.69. The van der Waals surface area contributed by atoms with Crippen LogP contribution in [0.3, 0.4) is 0 Å². The lowest BCUT2D eigenvalue weighted by molar-refractivity contribution is -0.132. The predicted octanol–water partition coefficient (Wildman–Crippen LogP) is 3.89. The molecule has 2 aliphatic heterocycles. The number of thioether (sulfide) groups is 1. The smallest absolute Gasteiger partial charge is 0.239 e. The number of carbonyl (C=O) groups is 1. The summed E-state index contributed by atoms with van der Waals surface area (Å²) in [7, 11) is 0. The fourth-order valence-electron chi connectivity index (χ4n) is 4.04. The van der Waals surface area contributed by atoms with Crippen LogP contribution in [0.5, 0.6) is 0 Å². The largest absolute Gasteiger partial charge is 0.353 e. The van der Waals surface area contributed by atoms with Gasteiger partial charge in [-0.05, 0) is 30.5 Å². The number of aromatic nitrogens is 2. The Labute approximate surface area is 205 Å². The summed E-state index contributed by atoms with van der Waals surface area (Å²) in [6.07, 6.45) is 3.27. The summed E-state index contributed by atoms with van der Waals surface area (Å²) in [6.45, 7) is 5.07. The Morgan fingerprint density at radius 2 is 1.87 bits per heavy atom. The SMILES string of the molecule is CCC1SCc2ncnc(N3CCN(C(=O)[C@H](N)Cc4ccc(Cl)cc4)CC3)c21.Cl.Cl. The first-order valence-corrected chi connectivity index (χ1v) is 11.5. The number of nitrogens with two attached hydrogens (primary N) is 1. The van der Waals surface area contributed by atoms with Crippen LogP contribution in [0.4, 0.5) is 5.82 Å². The summed E-state index contributed by atoms with van der Waals surface area (Å²) < 4.78 is 0. The molecule has 0 saturated carbocycles. The van der Waals surface area contributed by atoms with E-state index < -0.39 is 6.04 Å². The third kappa shape index (κ3) is 5.76. The molecule has 1 saturated heterocycles. The first-order valence-electron chi connectivity index (χ1n) is 10.1. The zero-order valence-corrected chi connectivity index (χ0v) is 20.6. The molecule has 0 bridgehead atoms. The maximum absolute atomic E-state index is 12.8. The van der Waals surface area contributed by atoms with E-state index in [2.05, 4.69) is 21.8 Å². The van der Waals surface area contributed by atoms with E-state index in [1.165, 1.54) is 5.56 Å². The summed E-state index contributed by atoms with van der Waals surface area (Å²) in [6, 6.07) is 6.96. The topological polar surface area (TPSA) is 75.4 Å². The van der Waals surface area contributed by atoms with Gasteiger partial charge in [-0.3, -0.25) is 4.79 Å². The fraction of sp³-hybridized carbons (Fsp3) is 0.476. The van der Waals surface area contributed by atoms with E-state index in [9.17, 15) is 4.79 Å². The minimum absolute atomic E-state index is 0. The van der Waals surface area contributed by atoms with Crippen LogP contribution < -0.4 is 10.6 Å². The molecule has 6 nitrogen and oxygen atoms in total. The van der Waals surface area contributed by atoms with Gasteiger partial charge in [0.25, 0.3) is 0 Å². The van der Waals surface area contributed by atoms with Crippen molar-refractivity contribution in [3.05, 3.63) is 52.4 Å². The summed E-state index contributed by atoms with van der Waals surface area (Å²) in [5, 5.41) is 1.15. The van der Waals surface area contributed by atoms with Gasteiger partial charge in [-0.15, -0.1) is 36.6 Å². The van der Waals surface area contributed by atoms with Gasteiger partial charge in [0.15, 0.2) is 0 Å². The van der Waals surface area contributed by atoms with Gasteiger partial charge in [-0.1, -0.05) is 30.7 Å². The Morgan fingerprint density at radius 1 is 1.19 bits per heavy atom. The van der Waals surface area contributed by atoms with Crippen LogP contribution in [-0.2, 0) is 17.0 Å². The molecule has 2 aliphatic rings. The highest BCUT2D eigenvalue weighted by atomic mass is 35.5. The van der Waals surface area contributed by atoms with Crippen LogP contribution in [0.15, 0.2) is 30.6 Å². The van der Waals surface area contributed by atoms with Crippen molar-refractivity contribution in [2.45, 2.75) is 36.8 Å². The van der Waals surface area contributed by atoms with Gasteiger partial charge in [-0.25, -0.2) is 9.97 Å². The highest BCUT2D eigenvalue weighted by molar-refractivity contribution is 7.99. The van der Waals surface area contributed by atoms with E-state index >= 15 is 0 Å². The molecule has 1 amide bonds. The molecule has 0 aliphatic carbocycles. The number of nitrogens with zero attached hydrogens (tertiary/aromatic N) is 4. The molecule has 2 N–H and O–H groups in total. The summed E-state index contributed by atoms with van der Waals surface area (Å²) >= 11 is 7.87. The minimum atomic E-state index is -0.535. The van der Waals surface area contributed by atoms with Crippen molar-refractivity contribution in [2.75, 3.05) is 31.1 Å². The Kier molecular flexibility index (Phi) is 9.70. The molecule has 2 aromatic rings. The van der Waals surface area contributed by atoms with Crippen LogP contribution in [0.2, 0.25) is 5.02 Å². The molecule has 0 spiro atoms. The van der Waals surface area contributed by atoms with Crippen LogP contribution in [0.25, 0.3) is 0 Å². The molecule has 31 heavy (non-hydrogen) atoms. The minimum Gasteiger partial charge on any atom is -0.353 e. The van der Waals surface area contributed by atoms with Crippen molar-refractivity contribution in [3.8, 4) is 0 Å². The molecule has 4 rings (SSSR count). The number of anilines is 1. The number of rotatable bonds is 5. The van der Waals surface area contributed by atoms with E-state index in [1.54, 1.807) is 6.33 Å². The molecule has 10 heteroatoms. The predicted molar refractivity (Wildman–Crippen MR) is 133 cm³/mol. The lowest BCUT2D eigenvalue weighted by atomic mass is 10.0. The van der Waals surface area contributed by atoms with Crippen LogP contribution in [0.1, 0.15) is 35.4 Å². The van der Waals surface area contributed by atoms with Gasteiger partial charge in [0.2, 0.25) is 5.91 Å². The summed E-state index contributed by atoms with van der Waals surface area (Å²) in [4.78, 5) is 26.1. The second kappa shape index (κ2) is 11.6. The molecule has 2 atom stereocenters. The van der Waals surface area contributed by atoms with Gasteiger partial charge in [0.1, 0.15) is 12.1 Å². The zero-order valence-electron chi connectivity index (χ0n) is 17.4. The molecule has 3 heterocycles. The molecule has 1 aromatic heterocycles. The summed E-state index contributed by atoms with van der Waals surface area (Å²) in [5.74, 6) is 2.01. The third-order valence-corrected chi connectivity index (χ3v) is 7.30. The second-order valence-electron chi connectivity index (χ2n) is 7.51. The third-order valence-electron chi connectivity index (χ3n) is 5.64. The number of amides is 1. The average molecular weight is 505 g/mol. The Balaban J connectivity index is 0.00000171. The number of hydrogen-bond acceptors (Lipinski definition) is 6. The second-order valence-corrected chi connectivity index (χ2v) is 9.14. The van der Waals surface area contributed by atoms with Gasteiger partial charge >= 0.3 is 0 Å². The van der Waals surface area contributed by atoms with E-state index in [0.717, 1.165) is 42.3 Å². The molecule has 170 valence electrons. The van der Waals surface area contributed by atoms with Crippen LogP contribution in [-0.4, -0.2) is 53.0 Å². The maximum Gasteiger partial charge on any atom is 0.239 e. The van der Waals surface area contributed by atoms with E-state index in [-0.39, 0.29) is 30.7 Å². The molecule has 1 unspecified atom stereocenters. The molecule has 1 aromatic carbocycles. The highest BCUT2D eigenvalue weighted by Crippen LogP contribution is 2.46. The van der Waals surface area contributed by atoms with Gasteiger partial charge in [-0.2, -0.15) is 0 Å². The monoisotopic (exact) mass is 503 g/mol. The first-order chi connectivity index (χ1) is 14.1. The van der Waals surface area contributed by atoms with Gasteiger partial charge < -0.3 is 15.5 Å². The van der Waals surface area contributed by atoms with Crippen molar-refractivity contribution in [1.29, 1.82) is 0 Å². The zero-order chi connectivity index (χ0) is 20.4. The van der Waals surface area contributed by atoms with Crippen molar-refractivity contribution >= 4 is 59.9 Å². The van der Waals surface area contributed by atoms with Crippen molar-refractivity contribution in [2.24, 2.45) is 5.73 Å².